The molecule has 0 unspecified atom stereocenters. The summed E-state index contributed by atoms with van der Waals surface area (Å²) < 4.78 is 5.12. The monoisotopic (exact) mass is 181 g/mol. The highest BCUT2D eigenvalue weighted by Crippen LogP contribution is 2.36. The molecular weight excluding hydrogens is 170 g/mol. The summed E-state index contributed by atoms with van der Waals surface area (Å²) in [5.74, 6) is -0.00723. The number of nitrogens with zero attached hydrogens (tertiary/aromatic N) is 3. The zero-order valence-corrected chi connectivity index (χ0v) is 7.22. The maximum absolute atomic E-state index is 11.0. The molecule has 1 heterocycles. The number of fused-ring (bicyclic) bond motifs is 1. The van der Waals surface area contributed by atoms with Crippen molar-refractivity contribution < 1.29 is 9.53 Å². The molecule has 0 aromatic carbocycles. The standard InChI is InChI=1S/C8H11N3O2/c9-11-10-6-2-1-3-7-5(6)4-8(12)13-7/h5-7H,1-4H2/t5-,6+,7+/m1/s1. The van der Waals surface area contributed by atoms with Crippen molar-refractivity contribution in [3.63, 3.8) is 0 Å². The summed E-state index contributed by atoms with van der Waals surface area (Å²) >= 11 is 0. The zero-order valence-electron chi connectivity index (χ0n) is 7.22. The molecule has 5 heteroatoms. The molecule has 5 nitrogen and oxygen atoms in total. The summed E-state index contributed by atoms with van der Waals surface area (Å²) in [7, 11) is 0. The van der Waals surface area contributed by atoms with E-state index in [9.17, 15) is 4.79 Å². The van der Waals surface area contributed by atoms with E-state index in [4.69, 9.17) is 10.3 Å². The number of azide groups is 1. The summed E-state index contributed by atoms with van der Waals surface area (Å²) in [5, 5.41) is 3.71. The highest BCUT2D eigenvalue weighted by atomic mass is 16.5. The SMILES string of the molecule is [N-]=[N+]=N[C@H]1CCC[C@@H]2OC(=O)C[C@H]12. The number of carbonyl (C=O) groups is 1. The van der Waals surface area contributed by atoms with Gasteiger partial charge in [-0.25, -0.2) is 0 Å². The Balaban J connectivity index is 2.13. The van der Waals surface area contributed by atoms with Gasteiger partial charge in [-0.3, -0.25) is 4.79 Å². The highest BCUT2D eigenvalue weighted by molar-refractivity contribution is 5.72. The molecule has 1 aliphatic carbocycles. The Kier molecular flexibility index (Phi) is 2.10. The minimum Gasteiger partial charge on any atom is -0.462 e. The molecule has 0 amide bonds. The van der Waals surface area contributed by atoms with Crippen LogP contribution in [0.1, 0.15) is 25.7 Å². The van der Waals surface area contributed by atoms with Gasteiger partial charge >= 0.3 is 5.97 Å². The van der Waals surface area contributed by atoms with Gasteiger partial charge in [0.25, 0.3) is 0 Å². The molecule has 1 saturated heterocycles. The van der Waals surface area contributed by atoms with Crippen molar-refractivity contribution >= 4 is 5.97 Å². The lowest BCUT2D eigenvalue weighted by Crippen LogP contribution is -2.31. The molecule has 0 bridgehead atoms. The first kappa shape index (κ1) is 8.38. The van der Waals surface area contributed by atoms with E-state index in [2.05, 4.69) is 10.0 Å². The fourth-order valence-electron chi connectivity index (χ4n) is 2.24. The largest absolute Gasteiger partial charge is 0.462 e. The van der Waals surface area contributed by atoms with Crippen molar-refractivity contribution in [3.8, 4) is 0 Å². The van der Waals surface area contributed by atoms with Gasteiger partial charge in [-0.15, -0.1) is 0 Å². The lowest BCUT2D eigenvalue weighted by atomic mass is 9.82. The summed E-state index contributed by atoms with van der Waals surface area (Å²) in [5.41, 5.74) is 8.34. The van der Waals surface area contributed by atoms with Gasteiger partial charge in [0.2, 0.25) is 0 Å². The maximum Gasteiger partial charge on any atom is 0.306 e. The topological polar surface area (TPSA) is 75.1 Å². The Hall–Kier alpha value is -1.22. The molecule has 0 aromatic heterocycles. The van der Waals surface area contributed by atoms with E-state index in [1.54, 1.807) is 0 Å². The van der Waals surface area contributed by atoms with Crippen molar-refractivity contribution in [1.29, 1.82) is 0 Å². The number of ether oxygens (including phenoxy) is 1. The first-order valence-electron chi connectivity index (χ1n) is 4.55. The maximum atomic E-state index is 11.0. The van der Waals surface area contributed by atoms with Crippen LogP contribution in [0.3, 0.4) is 0 Å². The third-order valence-electron chi connectivity index (χ3n) is 2.85. The molecule has 1 saturated carbocycles. The van der Waals surface area contributed by atoms with Crippen LogP contribution in [0.2, 0.25) is 0 Å². The van der Waals surface area contributed by atoms with Crippen LogP contribution < -0.4 is 0 Å². The molecule has 13 heavy (non-hydrogen) atoms. The molecule has 3 atom stereocenters. The summed E-state index contributed by atoms with van der Waals surface area (Å²) in [4.78, 5) is 13.8. The highest BCUT2D eigenvalue weighted by Gasteiger charge is 2.41. The van der Waals surface area contributed by atoms with Crippen LogP contribution in [0, 0.1) is 5.92 Å². The molecule has 2 aliphatic rings. The second-order valence-electron chi connectivity index (χ2n) is 3.60. The second kappa shape index (κ2) is 3.26. The van der Waals surface area contributed by atoms with Crippen LogP contribution in [0.25, 0.3) is 10.4 Å². The average molecular weight is 181 g/mol. The van der Waals surface area contributed by atoms with Crippen molar-refractivity contribution in [1.82, 2.24) is 0 Å². The predicted octanol–water partition coefficient (Wildman–Crippen LogP) is 1.78. The Morgan fingerprint density at radius 1 is 1.54 bits per heavy atom. The molecule has 2 fully saturated rings. The minimum atomic E-state index is -0.143. The normalized spacial score (nSPS) is 37.5. The lowest BCUT2D eigenvalue weighted by Gasteiger charge is -2.28. The van der Waals surface area contributed by atoms with E-state index in [0.717, 1.165) is 19.3 Å². The molecular formula is C8H11N3O2. The minimum absolute atomic E-state index is 0.0109. The van der Waals surface area contributed by atoms with Gasteiger partial charge in [-0.1, -0.05) is 5.11 Å². The van der Waals surface area contributed by atoms with Crippen molar-refractivity contribution in [2.24, 2.45) is 11.0 Å². The van der Waals surface area contributed by atoms with Gasteiger partial charge in [0.05, 0.1) is 6.42 Å². The van der Waals surface area contributed by atoms with Crippen LogP contribution in [0.15, 0.2) is 5.11 Å². The number of esters is 1. The van der Waals surface area contributed by atoms with Crippen LogP contribution in [-0.2, 0) is 9.53 Å². The number of carbonyl (C=O) groups excluding carboxylic acids is 1. The average Bonchev–Trinajstić information content (AvgIpc) is 2.47. The van der Waals surface area contributed by atoms with Crippen LogP contribution in [0.4, 0.5) is 0 Å². The summed E-state index contributed by atoms with van der Waals surface area (Å²) in [6.07, 6.45) is 3.24. The summed E-state index contributed by atoms with van der Waals surface area (Å²) in [6.45, 7) is 0. The quantitative estimate of drug-likeness (QED) is 0.267. The fourth-order valence-corrected chi connectivity index (χ4v) is 2.24. The molecule has 70 valence electrons. The van der Waals surface area contributed by atoms with E-state index >= 15 is 0 Å². The smallest absolute Gasteiger partial charge is 0.306 e. The Labute approximate surface area is 75.7 Å². The number of hydrogen-bond acceptors (Lipinski definition) is 3. The molecule has 0 spiro atoms. The van der Waals surface area contributed by atoms with E-state index in [1.165, 1.54) is 0 Å². The fraction of sp³-hybridized carbons (Fsp3) is 0.875. The third-order valence-corrected chi connectivity index (χ3v) is 2.85. The van der Waals surface area contributed by atoms with Gasteiger partial charge < -0.3 is 4.74 Å². The van der Waals surface area contributed by atoms with E-state index in [-0.39, 0.29) is 24.0 Å². The van der Waals surface area contributed by atoms with Gasteiger partial charge in [0.15, 0.2) is 0 Å². The lowest BCUT2D eigenvalue weighted by molar-refractivity contribution is -0.142. The number of hydrogen-bond donors (Lipinski definition) is 0. The van der Waals surface area contributed by atoms with Crippen LogP contribution in [0.5, 0.6) is 0 Å². The van der Waals surface area contributed by atoms with Crippen LogP contribution in [-0.4, -0.2) is 18.1 Å². The van der Waals surface area contributed by atoms with Crippen molar-refractivity contribution in [3.05, 3.63) is 10.4 Å². The Bertz CT molecular complexity index is 273. The van der Waals surface area contributed by atoms with Crippen molar-refractivity contribution in [2.75, 3.05) is 0 Å². The van der Waals surface area contributed by atoms with Gasteiger partial charge in [-0.05, 0) is 24.8 Å². The van der Waals surface area contributed by atoms with E-state index in [1.807, 2.05) is 0 Å². The Morgan fingerprint density at radius 2 is 2.38 bits per heavy atom. The van der Waals surface area contributed by atoms with Gasteiger partial charge in [0.1, 0.15) is 6.10 Å². The Morgan fingerprint density at radius 3 is 3.15 bits per heavy atom. The first-order chi connectivity index (χ1) is 6.31. The van der Waals surface area contributed by atoms with Gasteiger partial charge in [0, 0.05) is 16.9 Å². The predicted molar refractivity (Wildman–Crippen MR) is 44.8 cm³/mol. The van der Waals surface area contributed by atoms with Crippen LogP contribution >= 0.6 is 0 Å². The number of rotatable bonds is 1. The van der Waals surface area contributed by atoms with E-state index < -0.39 is 0 Å². The van der Waals surface area contributed by atoms with Crippen molar-refractivity contribution in [2.45, 2.75) is 37.8 Å². The molecule has 0 N–H and O–H groups in total. The van der Waals surface area contributed by atoms with Gasteiger partial charge in [-0.2, -0.15) is 0 Å². The second-order valence-corrected chi connectivity index (χ2v) is 3.60. The first-order valence-corrected chi connectivity index (χ1v) is 4.55. The molecule has 0 radical (unpaired) electrons. The third kappa shape index (κ3) is 1.47. The summed E-state index contributed by atoms with van der Waals surface area (Å²) in [6, 6.07) is -0.0322. The zero-order chi connectivity index (χ0) is 9.26. The molecule has 0 aromatic rings. The molecule has 2 rings (SSSR count). The van der Waals surface area contributed by atoms with E-state index in [0.29, 0.717) is 6.42 Å². The molecule has 1 aliphatic heterocycles.